The average molecular weight is 288 g/mol. The number of para-hydroxylation sites is 1. The van der Waals surface area contributed by atoms with Gasteiger partial charge in [-0.25, -0.2) is 0 Å². The summed E-state index contributed by atoms with van der Waals surface area (Å²) in [5.41, 5.74) is 1.10. The Morgan fingerprint density at radius 2 is 2.10 bits per heavy atom. The summed E-state index contributed by atoms with van der Waals surface area (Å²) in [5, 5.41) is 13.0. The quantitative estimate of drug-likeness (QED) is 0.706. The van der Waals surface area contributed by atoms with Crippen molar-refractivity contribution in [1.82, 2.24) is 20.8 Å². The van der Waals surface area contributed by atoms with E-state index < -0.39 is 6.04 Å². The van der Waals surface area contributed by atoms with E-state index in [-0.39, 0.29) is 11.8 Å². The predicted octanol–water partition coefficient (Wildman–Crippen LogP) is 1.60. The molecule has 1 unspecified atom stereocenters. The Bertz CT molecular complexity index is 635. The number of nitrogens with zero attached hydrogens (tertiary/aromatic N) is 1. The first-order valence-corrected chi connectivity index (χ1v) is 7.15. The van der Waals surface area contributed by atoms with Crippen LogP contribution >= 0.6 is 0 Å². The van der Waals surface area contributed by atoms with Crippen LogP contribution in [0.15, 0.2) is 24.3 Å². The second-order valence-electron chi connectivity index (χ2n) is 4.96. The van der Waals surface area contributed by atoms with Crippen molar-refractivity contribution in [2.24, 2.45) is 0 Å². The third-order valence-electron chi connectivity index (χ3n) is 3.26. The van der Waals surface area contributed by atoms with Crippen LogP contribution in [0.2, 0.25) is 0 Å². The van der Waals surface area contributed by atoms with Gasteiger partial charge < -0.3 is 10.6 Å². The molecule has 0 spiro atoms. The molecule has 2 rings (SSSR count). The fourth-order valence-electron chi connectivity index (χ4n) is 2.01. The number of rotatable bonds is 6. The van der Waals surface area contributed by atoms with Crippen LogP contribution in [0.5, 0.6) is 0 Å². The number of carbonyl (C=O) groups is 2. The molecule has 2 aromatic rings. The minimum Gasteiger partial charge on any atom is -0.354 e. The van der Waals surface area contributed by atoms with Crippen molar-refractivity contribution in [3.8, 4) is 0 Å². The number of aromatic amines is 1. The van der Waals surface area contributed by atoms with Crippen molar-refractivity contribution >= 4 is 22.7 Å². The van der Waals surface area contributed by atoms with Gasteiger partial charge in [-0.3, -0.25) is 14.7 Å². The van der Waals surface area contributed by atoms with E-state index in [4.69, 9.17) is 0 Å². The van der Waals surface area contributed by atoms with Crippen molar-refractivity contribution in [3.05, 3.63) is 30.0 Å². The van der Waals surface area contributed by atoms with E-state index in [1.54, 1.807) is 6.92 Å². The Hall–Kier alpha value is -2.37. The third kappa shape index (κ3) is 3.59. The molecule has 0 aliphatic carbocycles. The van der Waals surface area contributed by atoms with Gasteiger partial charge in [0.25, 0.3) is 5.91 Å². The summed E-state index contributed by atoms with van der Waals surface area (Å²) >= 11 is 0. The lowest BCUT2D eigenvalue weighted by Crippen LogP contribution is -2.45. The Kier molecular flexibility index (Phi) is 4.92. The maximum absolute atomic E-state index is 12.2. The summed E-state index contributed by atoms with van der Waals surface area (Å²) in [6, 6.07) is 6.78. The molecule has 3 N–H and O–H groups in total. The number of unbranched alkanes of at least 4 members (excludes halogenated alkanes) is 1. The van der Waals surface area contributed by atoms with E-state index in [0.29, 0.717) is 12.2 Å². The summed E-state index contributed by atoms with van der Waals surface area (Å²) in [7, 11) is 0. The van der Waals surface area contributed by atoms with E-state index in [2.05, 4.69) is 27.8 Å². The molecular formula is C15H20N4O2. The second kappa shape index (κ2) is 6.88. The zero-order valence-corrected chi connectivity index (χ0v) is 12.3. The highest BCUT2D eigenvalue weighted by molar-refractivity contribution is 6.05. The molecule has 0 radical (unpaired) electrons. The average Bonchev–Trinajstić information content (AvgIpc) is 2.91. The third-order valence-corrected chi connectivity index (χ3v) is 3.26. The minimum atomic E-state index is -0.593. The predicted molar refractivity (Wildman–Crippen MR) is 80.9 cm³/mol. The lowest BCUT2D eigenvalue weighted by atomic mass is 10.2. The van der Waals surface area contributed by atoms with Gasteiger partial charge in [0, 0.05) is 11.9 Å². The van der Waals surface area contributed by atoms with Crippen molar-refractivity contribution in [2.45, 2.75) is 32.7 Å². The highest BCUT2D eigenvalue weighted by Gasteiger charge is 2.19. The van der Waals surface area contributed by atoms with Crippen LogP contribution in [0.3, 0.4) is 0 Å². The molecule has 0 aliphatic heterocycles. The molecule has 0 aliphatic rings. The van der Waals surface area contributed by atoms with Crippen LogP contribution in [0.25, 0.3) is 10.9 Å². The highest BCUT2D eigenvalue weighted by atomic mass is 16.2. The number of benzene rings is 1. The van der Waals surface area contributed by atoms with Gasteiger partial charge in [0.2, 0.25) is 5.91 Å². The molecule has 1 aromatic carbocycles. The Balaban J connectivity index is 1.99. The smallest absolute Gasteiger partial charge is 0.273 e. The van der Waals surface area contributed by atoms with Gasteiger partial charge in [0.05, 0.1) is 5.52 Å². The number of hydrogen-bond donors (Lipinski definition) is 3. The first kappa shape index (κ1) is 15.0. The molecule has 6 nitrogen and oxygen atoms in total. The summed E-state index contributed by atoms with van der Waals surface area (Å²) in [4.78, 5) is 24.0. The Morgan fingerprint density at radius 3 is 2.86 bits per heavy atom. The van der Waals surface area contributed by atoms with E-state index in [1.807, 2.05) is 24.3 Å². The highest BCUT2D eigenvalue weighted by Crippen LogP contribution is 2.14. The molecule has 0 bridgehead atoms. The lowest BCUT2D eigenvalue weighted by molar-refractivity contribution is -0.122. The summed E-state index contributed by atoms with van der Waals surface area (Å²) in [6.07, 6.45) is 1.94. The topological polar surface area (TPSA) is 86.9 Å². The van der Waals surface area contributed by atoms with Crippen LogP contribution in [0.1, 0.15) is 37.2 Å². The van der Waals surface area contributed by atoms with E-state index in [0.717, 1.165) is 23.7 Å². The minimum absolute atomic E-state index is 0.184. The monoisotopic (exact) mass is 288 g/mol. The first-order chi connectivity index (χ1) is 10.1. The largest absolute Gasteiger partial charge is 0.354 e. The summed E-state index contributed by atoms with van der Waals surface area (Å²) < 4.78 is 0. The lowest BCUT2D eigenvalue weighted by Gasteiger charge is -2.13. The maximum Gasteiger partial charge on any atom is 0.273 e. The number of aromatic nitrogens is 2. The number of nitrogens with one attached hydrogen (secondary N) is 3. The van der Waals surface area contributed by atoms with E-state index in [9.17, 15) is 9.59 Å². The zero-order valence-electron chi connectivity index (χ0n) is 12.3. The number of carbonyl (C=O) groups excluding carboxylic acids is 2. The van der Waals surface area contributed by atoms with E-state index >= 15 is 0 Å². The van der Waals surface area contributed by atoms with Crippen molar-refractivity contribution in [1.29, 1.82) is 0 Å². The molecule has 112 valence electrons. The van der Waals surface area contributed by atoms with Crippen LogP contribution in [0.4, 0.5) is 0 Å². The molecule has 1 atom stereocenters. The maximum atomic E-state index is 12.2. The molecule has 21 heavy (non-hydrogen) atoms. The SMILES string of the molecule is CCCCNC(=O)C(C)NC(=O)c1n[nH]c2ccccc12. The number of amides is 2. The summed E-state index contributed by atoms with van der Waals surface area (Å²) in [5.74, 6) is -0.540. The Morgan fingerprint density at radius 1 is 1.33 bits per heavy atom. The molecule has 0 fully saturated rings. The van der Waals surface area contributed by atoms with Gasteiger partial charge in [-0.05, 0) is 19.4 Å². The number of H-pyrrole nitrogens is 1. The zero-order chi connectivity index (χ0) is 15.2. The Labute approximate surface area is 123 Å². The van der Waals surface area contributed by atoms with Crippen molar-refractivity contribution < 1.29 is 9.59 Å². The molecule has 1 heterocycles. The van der Waals surface area contributed by atoms with Crippen LogP contribution in [-0.4, -0.2) is 34.6 Å². The van der Waals surface area contributed by atoms with Gasteiger partial charge in [-0.1, -0.05) is 31.5 Å². The standard InChI is InChI=1S/C15H20N4O2/c1-3-4-9-16-14(20)10(2)17-15(21)13-11-7-5-6-8-12(11)18-19-13/h5-8,10H,3-4,9H2,1-2H3,(H,16,20)(H,17,21)(H,18,19). The van der Waals surface area contributed by atoms with Gasteiger partial charge in [0.15, 0.2) is 5.69 Å². The second-order valence-corrected chi connectivity index (χ2v) is 4.96. The van der Waals surface area contributed by atoms with Gasteiger partial charge in [-0.2, -0.15) is 5.10 Å². The number of fused-ring (bicyclic) bond motifs is 1. The normalized spacial score (nSPS) is 12.1. The first-order valence-electron chi connectivity index (χ1n) is 7.15. The summed E-state index contributed by atoms with van der Waals surface area (Å²) in [6.45, 7) is 4.34. The molecule has 2 amide bonds. The van der Waals surface area contributed by atoms with E-state index in [1.165, 1.54) is 0 Å². The van der Waals surface area contributed by atoms with Crippen LogP contribution in [-0.2, 0) is 4.79 Å². The fraction of sp³-hybridized carbons (Fsp3) is 0.400. The molecule has 1 aromatic heterocycles. The number of hydrogen-bond acceptors (Lipinski definition) is 3. The van der Waals surface area contributed by atoms with Crippen molar-refractivity contribution in [3.63, 3.8) is 0 Å². The molecule has 6 heteroatoms. The fourth-order valence-corrected chi connectivity index (χ4v) is 2.01. The van der Waals surface area contributed by atoms with Gasteiger partial charge in [0.1, 0.15) is 6.04 Å². The molecule has 0 saturated heterocycles. The van der Waals surface area contributed by atoms with Crippen LogP contribution < -0.4 is 10.6 Å². The van der Waals surface area contributed by atoms with Gasteiger partial charge >= 0.3 is 0 Å². The van der Waals surface area contributed by atoms with Crippen molar-refractivity contribution in [2.75, 3.05) is 6.54 Å². The van der Waals surface area contributed by atoms with Crippen LogP contribution in [0, 0.1) is 0 Å². The van der Waals surface area contributed by atoms with Gasteiger partial charge in [-0.15, -0.1) is 0 Å². The molecular weight excluding hydrogens is 268 g/mol. The molecule has 0 saturated carbocycles.